The molecule has 5 heteroatoms. The Bertz CT molecular complexity index is 723. The highest BCUT2D eigenvalue weighted by Gasteiger charge is 2.17. The molecule has 27 heavy (non-hydrogen) atoms. The number of halogens is 1. The van der Waals surface area contributed by atoms with Gasteiger partial charge in [0.1, 0.15) is 0 Å². The molecule has 1 heterocycles. The minimum atomic E-state index is -0.146. The zero-order chi connectivity index (χ0) is 19.1. The molecule has 0 atom stereocenters. The van der Waals surface area contributed by atoms with Crippen LogP contribution in [-0.2, 0) is 16.0 Å². The molecule has 0 saturated carbocycles. The maximum absolute atomic E-state index is 11.8. The molecule has 0 aromatic heterocycles. The topological polar surface area (TPSA) is 32.8 Å². The molecular weight excluding hydrogens is 360 g/mol. The van der Waals surface area contributed by atoms with Crippen molar-refractivity contribution in [3.05, 3.63) is 59.1 Å². The lowest BCUT2D eigenvalue weighted by Crippen LogP contribution is -2.46. The zero-order valence-electron chi connectivity index (χ0n) is 15.9. The van der Waals surface area contributed by atoms with E-state index in [2.05, 4.69) is 41.0 Å². The van der Waals surface area contributed by atoms with E-state index in [0.29, 0.717) is 13.0 Å². The average Bonchev–Trinajstić information content (AvgIpc) is 2.70. The summed E-state index contributed by atoms with van der Waals surface area (Å²) in [5.41, 5.74) is 3.42. The van der Waals surface area contributed by atoms with E-state index < -0.39 is 0 Å². The van der Waals surface area contributed by atoms with Crippen molar-refractivity contribution >= 4 is 28.9 Å². The summed E-state index contributed by atoms with van der Waals surface area (Å²) in [5, 5.41) is 0.770. The monoisotopic (exact) mass is 386 g/mol. The van der Waals surface area contributed by atoms with Gasteiger partial charge in [-0.1, -0.05) is 37.1 Å². The number of hydrogen-bond acceptors (Lipinski definition) is 4. The first-order valence-corrected chi connectivity index (χ1v) is 10.0. The van der Waals surface area contributed by atoms with Gasteiger partial charge in [0.25, 0.3) is 0 Å². The Balaban J connectivity index is 1.49. The number of rotatable bonds is 7. The first kappa shape index (κ1) is 19.6. The quantitative estimate of drug-likeness (QED) is 0.516. The van der Waals surface area contributed by atoms with Gasteiger partial charge in [-0.15, -0.1) is 0 Å². The number of carbonyl (C=O) groups excluding carboxylic acids is 1. The molecule has 0 unspecified atom stereocenters. The lowest BCUT2D eigenvalue weighted by molar-refractivity contribution is -0.142. The Kier molecular flexibility index (Phi) is 6.99. The van der Waals surface area contributed by atoms with E-state index >= 15 is 0 Å². The fraction of sp³-hybridized carbons (Fsp3) is 0.409. The van der Waals surface area contributed by atoms with E-state index in [1.807, 2.05) is 24.3 Å². The molecule has 144 valence electrons. The van der Waals surface area contributed by atoms with E-state index in [9.17, 15) is 4.79 Å². The number of hydrogen-bond donors (Lipinski definition) is 0. The smallest absolute Gasteiger partial charge is 0.310 e. The molecule has 0 N–H and O–H groups in total. The summed E-state index contributed by atoms with van der Waals surface area (Å²) in [4.78, 5) is 16.6. The first-order chi connectivity index (χ1) is 13.2. The lowest BCUT2D eigenvalue weighted by atomic mass is 10.1. The van der Waals surface area contributed by atoms with Crippen molar-refractivity contribution in [1.82, 2.24) is 0 Å². The van der Waals surface area contributed by atoms with E-state index in [-0.39, 0.29) is 5.97 Å². The largest absolute Gasteiger partial charge is 0.465 e. The van der Waals surface area contributed by atoms with Crippen LogP contribution in [0.3, 0.4) is 0 Å². The SMILES string of the molecule is CCCCOC(=O)Cc1ccc(N2CCN(c3ccc(Cl)cc3)CC2)cc1. The van der Waals surface area contributed by atoms with Gasteiger partial charge in [0.2, 0.25) is 0 Å². The van der Waals surface area contributed by atoms with Crippen molar-refractivity contribution in [3.8, 4) is 0 Å². The van der Waals surface area contributed by atoms with Crippen LogP contribution in [-0.4, -0.2) is 38.8 Å². The molecule has 0 radical (unpaired) electrons. The van der Waals surface area contributed by atoms with Crippen LogP contribution in [0.4, 0.5) is 11.4 Å². The Morgan fingerprint density at radius 1 is 0.926 bits per heavy atom. The average molecular weight is 387 g/mol. The standard InChI is InChI=1S/C22H27ClN2O2/c1-2-3-16-27-22(26)17-18-4-8-20(9-5-18)24-12-14-25(15-13-24)21-10-6-19(23)7-11-21/h4-11H,2-3,12-17H2,1H3. The fourth-order valence-electron chi connectivity index (χ4n) is 3.25. The highest BCUT2D eigenvalue weighted by Crippen LogP contribution is 2.22. The van der Waals surface area contributed by atoms with Crippen molar-refractivity contribution in [2.24, 2.45) is 0 Å². The van der Waals surface area contributed by atoms with E-state index in [1.165, 1.54) is 11.4 Å². The van der Waals surface area contributed by atoms with Crippen LogP contribution in [0.2, 0.25) is 5.02 Å². The summed E-state index contributed by atoms with van der Waals surface area (Å²) in [6.07, 6.45) is 2.30. The third-order valence-electron chi connectivity index (χ3n) is 4.88. The molecule has 2 aromatic carbocycles. The molecule has 1 fully saturated rings. The lowest BCUT2D eigenvalue weighted by Gasteiger charge is -2.37. The minimum Gasteiger partial charge on any atom is -0.465 e. The third-order valence-corrected chi connectivity index (χ3v) is 5.13. The van der Waals surface area contributed by atoms with Crippen LogP contribution < -0.4 is 9.80 Å². The van der Waals surface area contributed by atoms with E-state index in [0.717, 1.165) is 49.6 Å². The molecule has 0 amide bonds. The zero-order valence-corrected chi connectivity index (χ0v) is 16.6. The Morgan fingerprint density at radius 3 is 1.96 bits per heavy atom. The maximum Gasteiger partial charge on any atom is 0.310 e. The second kappa shape index (κ2) is 9.65. The molecule has 1 aliphatic rings. The van der Waals surface area contributed by atoms with Crippen molar-refractivity contribution in [2.45, 2.75) is 26.2 Å². The Hall–Kier alpha value is -2.20. The van der Waals surface area contributed by atoms with Crippen LogP contribution in [0.15, 0.2) is 48.5 Å². The molecule has 2 aromatic rings. The summed E-state index contributed by atoms with van der Waals surface area (Å²) in [6, 6.07) is 16.3. The number of esters is 1. The molecule has 1 aliphatic heterocycles. The number of piperazine rings is 1. The number of carbonyl (C=O) groups is 1. The highest BCUT2D eigenvalue weighted by atomic mass is 35.5. The van der Waals surface area contributed by atoms with Gasteiger partial charge in [-0.2, -0.15) is 0 Å². The highest BCUT2D eigenvalue weighted by molar-refractivity contribution is 6.30. The second-order valence-corrected chi connectivity index (χ2v) is 7.30. The number of benzene rings is 2. The van der Waals surface area contributed by atoms with Crippen LogP contribution >= 0.6 is 11.6 Å². The molecule has 0 aliphatic carbocycles. The molecule has 1 saturated heterocycles. The van der Waals surface area contributed by atoms with Crippen molar-refractivity contribution < 1.29 is 9.53 Å². The van der Waals surface area contributed by atoms with Gasteiger partial charge < -0.3 is 14.5 Å². The van der Waals surface area contributed by atoms with Gasteiger partial charge in [0.05, 0.1) is 13.0 Å². The van der Waals surface area contributed by atoms with Crippen molar-refractivity contribution in [2.75, 3.05) is 42.6 Å². The van der Waals surface area contributed by atoms with Crippen LogP contribution in [0.5, 0.6) is 0 Å². The predicted molar refractivity (Wildman–Crippen MR) is 112 cm³/mol. The Labute approximate surface area is 166 Å². The van der Waals surface area contributed by atoms with Crippen LogP contribution in [0, 0.1) is 0 Å². The third kappa shape index (κ3) is 5.64. The van der Waals surface area contributed by atoms with Crippen molar-refractivity contribution in [3.63, 3.8) is 0 Å². The number of nitrogens with zero attached hydrogens (tertiary/aromatic N) is 2. The predicted octanol–water partition coefficient (Wildman–Crippen LogP) is 4.55. The summed E-state index contributed by atoms with van der Waals surface area (Å²) in [6.45, 7) is 6.51. The molecule has 4 nitrogen and oxygen atoms in total. The van der Waals surface area contributed by atoms with Gasteiger partial charge in [-0.05, 0) is 48.4 Å². The van der Waals surface area contributed by atoms with Crippen LogP contribution in [0.25, 0.3) is 0 Å². The molecule has 0 bridgehead atoms. The fourth-order valence-corrected chi connectivity index (χ4v) is 3.37. The normalized spacial score (nSPS) is 14.3. The summed E-state index contributed by atoms with van der Waals surface area (Å²) < 4.78 is 5.23. The maximum atomic E-state index is 11.8. The van der Waals surface area contributed by atoms with Gasteiger partial charge in [0, 0.05) is 42.6 Å². The van der Waals surface area contributed by atoms with Gasteiger partial charge in [0.15, 0.2) is 0 Å². The molecular formula is C22H27ClN2O2. The van der Waals surface area contributed by atoms with E-state index in [4.69, 9.17) is 16.3 Å². The van der Waals surface area contributed by atoms with Gasteiger partial charge in [-0.3, -0.25) is 4.79 Å². The summed E-state index contributed by atoms with van der Waals surface area (Å²) in [7, 11) is 0. The van der Waals surface area contributed by atoms with Gasteiger partial charge in [-0.25, -0.2) is 0 Å². The Morgan fingerprint density at radius 2 is 1.44 bits per heavy atom. The van der Waals surface area contributed by atoms with Gasteiger partial charge >= 0.3 is 5.97 Å². The first-order valence-electron chi connectivity index (χ1n) is 9.65. The molecule has 3 rings (SSSR count). The molecule has 0 spiro atoms. The minimum absolute atomic E-state index is 0.146. The van der Waals surface area contributed by atoms with Crippen molar-refractivity contribution in [1.29, 1.82) is 0 Å². The summed E-state index contributed by atoms with van der Waals surface area (Å²) in [5.74, 6) is -0.146. The summed E-state index contributed by atoms with van der Waals surface area (Å²) >= 11 is 5.97. The van der Waals surface area contributed by atoms with Crippen LogP contribution in [0.1, 0.15) is 25.3 Å². The second-order valence-electron chi connectivity index (χ2n) is 6.87. The number of ether oxygens (including phenoxy) is 1. The van der Waals surface area contributed by atoms with E-state index in [1.54, 1.807) is 0 Å². The number of unbranched alkanes of at least 4 members (excludes halogenated alkanes) is 1. The number of anilines is 2.